The monoisotopic (exact) mass is 383 g/mol. The zero-order valence-electron chi connectivity index (χ0n) is 9.80. The highest BCUT2D eigenvalue weighted by Gasteiger charge is 2.21. The molecule has 0 saturated carbocycles. The third kappa shape index (κ3) is 4.31. The van der Waals surface area contributed by atoms with Crippen LogP contribution in [0, 0.1) is 6.92 Å². The van der Waals surface area contributed by atoms with Crippen molar-refractivity contribution in [3.05, 3.63) is 33.8 Å². The van der Waals surface area contributed by atoms with Gasteiger partial charge >= 0.3 is 0 Å². The topological polar surface area (TPSA) is 20.3 Å². The van der Waals surface area contributed by atoms with E-state index in [0.29, 0.717) is 15.4 Å². The van der Waals surface area contributed by atoms with Gasteiger partial charge in [0.1, 0.15) is 0 Å². The fourth-order valence-corrected chi connectivity index (χ4v) is 2.36. The molecule has 0 bridgehead atoms. The largest absolute Gasteiger partial charge is 0.332 e. The summed E-state index contributed by atoms with van der Waals surface area (Å²) in [5, 5.41) is 0.467. The lowest BCUT2D eigenvalue weighted by Crippen LogP contribution is -2.36. The van der Waals surface area contributed by atoms with E-state index in [9.17, 15) is 13.6 Å². The molecule has 0 aliphatic rings. The molecule has 1 rings (SSSR count). The summed E-state index contributed by atoms with van der Waals surface area (Å²) in [7, 11) is 0. The van der Waals surface area contributed by atoms with E-state index < -0.39 is 13.0 Å². The number of hydrogen-bond acceptors (Lipinski definition) is 1. The minimum atomic E-state index is -2.53. The zero-order valence-corrected chi connectivity index (χ0v) is 13.0. The molecule has 0 unspecified atom stereocenters. The lowest BCUT2D eigenvalue weighted by atomic mass is 10.1. The van der Waals surface area contributed by atoms with Gasteiger partial charge in [0.15, 0.2) is 0 Å². The highest BCUT2D eigenvalue weighted by Crippen LogP contribution is 2.20. The first-order chi connectivity index (χ1) is 8.45. The summed E-state index contributed by atoms with van der Waals surface area (Å²) >= 11 is 6.43. The second kappa shape index (κ2) is 7.19. The standard InChI is InChI=1S/C12H13Br2F2NO/c1-8-2-3-10(14)9(6-8)12(18)17(5-4-13)7-11(15)16/h2-3,6,11H,4-5,7H2,1H3. The van der Waals surface area contributed by atoms with Crippen molar-refractivity contribution in [1.29, 1.82) is 0 Å². The lowest BCUT2D eigenvalue weighted by molar-refractivity contribution is 0.0571. The molecular weight excluding hydrogens is 372 g/mol. The number of carbonyl (C=O) groups is 1. The van der Waals surface area contributed by atoms with Crippen LogP contribution in [0.4, 0.5) is 8.78 Å². The molecule has 0 fully saturated rings. The van der Waals surface area contributed by atoms with Gasteiger partial charge in [0.05, 0.1) is 12.1 Å². The van der Waals surface area contributed by atoms with Crippen molar-refractivity contribution in [1.82, 2.24) is 4.90 Å². The number of nitrogens with zero attached hydrogens (tertiary/aromatic N) is 1. The van der Waals surface area contributed by atoms with E-state index >= 15 is 0 Å². The van der Waals surface area contributed by atoms with Gasteiger partial charge in [0.25, 0.3) is 12.3 Å². The van der Waals surface area contributed by atoms with Crippen LogP contribution in [-0.4, -0.2) is 35.7 Å². The first kappa shape index (κ1) is 15.6. The summed E-state index contributed by atoms with van der Waals surface area (Å²) < 4.78 is 25.5. The van der Waals surface area contributed by atoms with E-state index in [4.69, 9.17) is 0 Å². The summed E-state index contributed by atoms with van der Waals surface area (Å²) in [6.07, 6.45) is -2.53. The quantitative estimate of drug-likeness (QED) is 0.706. The third-order valence-corrected chi connectivity index (χ3v) is 3.40. The van der Waals surface area contributed by atoms with Gasteiger partial charge in [-0.2, -0.15) is 0 Å². The van der Waals surface area contributed by atoms with Crippen molar-refractivity contribution in [2.45, 2.75) is 13.3 Å². The van der Waals surface area contributed by atoms with Crippen molar-refractivity contribution in [2.75, 3.05) is 18.4 Å². The molecule has 2 nitrogen and oxygen atoms in total. The van der Waals surface area contributed by atoms with Crippen LogP contribution >= 0.6 is 31.9 Å². The Kier molecular flexibility index (Phi) is 6.21. The molecule has 0 spiro atoms. The Morgan fingerprint density at radius 3 is 2.67 bits per heavy atom. The highest BCUT2D eigenvalue weighted by molar-refractivity contribution is 9.10. The van der Waals surface area contributed by atoms with E-state index in [2.05, 4.69) is 31.9 Å². The van der Waals surface area contributed by atoms with Crippen LogP contribution in [0.25, 0.3) is 0 Å². The van der Waals surface area contributed by atoms with Gasteiger partial charge in [-0.25, -0.2) is 8.78 Å². The maximum Gasteiger partial charge on any atom is 0.255 e. The smallest absolute Gasteiger partial charge is 0.255 e. The van der Waals surface area contributed by atoms with Crippen LogP contribution in [0.1, 0.15) is 15.9 Å². The number of aryl methyl sites for hydroxylation is 1. The predicted octanol–water partition coefficient (Wildman–Crippen LogP) is 3.86. The number of amides is 1. The average Bonchev–Trinajstić information content (AvgIpc) is 2.30. The Hall–Kier alpha value is -0.490. The number of alkyl halides is 3. The van der Waals surface area contributed by atoms with Gasteiger partial charge in [-0.15, -0.1) is 0 Å². The summed E-state index contributed by atoms with van der Waals surface area (Å²) in [6.45, 7) is 1.56. The summed E-state index contributed by atoms with van der Waals surface area (Å²) in [6, 6.07) is 5.29. The van der Waals surface area contributed by atoms with Gasteiger partial charge in [-0.3, -0.25) is 4.79 Å². The zero-order chi connectivity index (χ0) is 13.7. The molecule has 1 aromatic carbocycles. The van der Waals surface area contributed by atoms with Gasteiger partial charge < -0.3 is 4.90 Å². The Balaban J connectivity index is 2.97. The third-order valence-electron chi connectivity index (χ3n) is 2.35. The van der Waals surface area contributed by atoms with Crippen LogP contribution in [0.5, 0.6) is 0 Å². The summed E-state index contributed by atoms with van der Waals surface area (Å²) in [5.74, 6) is -0.384. The van der Waals surface area contributed by atoms with Gasteiger partial charge in [0, 0.05) is 16.3 Å². The van der Waals surface area contributed by atoms with Crippen molar-refractivity contribution in [3.8, 4) is 0 Å². The molecule has 0 N–H and O–H groups in total. The van der Waals surface area contributed by atoms with E-state index in [-0.39, 0.29) is 12.5 Å². The SMILES string of the molecule is Cc1ccc(Br)c(C(=O)N(CCBr)CC(F)F)c1. The Labute approximate surface area is 122 Å². The second-order valence-electron chi connectivity index (χ2n) is 3.81. The van der Waals surface area contributed by atoms with Crippen molar-refractivity contribution in [3.63, 3.8) is 0 Å². The van der Waals surface area contributed by atoms with E-state index in [1.165, 1.54) is 0 Å². The maximum atomic E-state index is 12.4. The van der Waals surface area contributed by atoms with Crippen LogP contribution < -0.4 is 0 Å². The molecule has 0 aliphatic carbocycles. The molecule has 1 aromatic rings. The molecule has 100 valence electrons. The first-order valence-corrected chi connectivity index (χ1v) is 7.26. The normalized spacial score (nSPS) is 10.8. The molecule has 6 heteroatoms. The van der Waals surface area contributed by atoms with Gasteiger partial charge in [0.2, 0.25) is 0 Å². The molecule has 0 heterocycles. The molecule has 0 aliphatic heterocycles. The van der Waals surface area contributed by atoms with Crippen molar-refractivity contribution in [2.24, 2.45) is 0 Å². The van der Waals surface area contributed by atoms with E-state index in [1.807, 2.05) is 13.0 Å². The van der Waals surface area contributed by atoms with Crippen molar-refractivity contribution < 1.29 is 13.6 Å². The van der Waals surface area contributed by atoms with Crippen molar-refractivity contribution >= 4 is 37.8 Å². The lowest BCUT2D eigenvalue weighted by Gasteiger charge is -2.22. The second-order valence-corrected chi connectivity index (χ2v) is 5.46. The molecule has 0 saturated heterocycles. The molecular formula is C12H13Br2F2NO. The number of benzene rings is 1. The van der Waals surface area contributed by atoms with Crippen LogP contribution in [0.2, 0.25) is 0 Å². The number of rotatable bonds is 5. The number of carbonyl (C=O) groups excluding carboxylic acids is 1. The predicted molar refractivity (Wildman–Crippen MR) is 74.6 cm³/mol. The van der Waals surface area contributed by atoms with Gasteiger partial charge in [-0.05, 0) is 35.0 Å². The average molecular weight is 385 g/mol. The van der Waals surface area contributed by atoms with E-state index in [0.717, 1.165) is 10.5 Å². The Morgan fingerprint density at radius 2 is 2.11 bits per heavy atom. The van der Waals surface area contributed by atoms with Crippen LogP contribution in [-0.2, 0) is 0 Å². The minimum absolute atomic E-state index is 0.254. The molecule has 18 heavy (non-hydrogen) atoms. The Morgan fingerprint density at radius 1 is 1.44 bits per heavy atom. The van der Waals surface area contributed by atoms with Crippen LogP contribution in [0.3, 0.4) is 0 Å². The number of hydrogen-bond donors (Lipinski definition) is 0. The number of halogens is 4. The first-order valence-electron chi connectivity index (χ1n) is 5.35. The van der Waals surface area contributed by atoms with Crippen LogP contribution in [0.15, 0.2) is 22.7 Å². The molecule has 0 atom stereocenters. The fourth-order valence-electron chi connectivity index (χ4n) is 1.52. The van der Waals surface area contributed by atoms with E-state index in [1.54, 1.807) is 12.1 Å². The Bertz CT molecular complexity index is 427. The highest BCUT2D eigenvalue weighted by atomic mass is 79.9. The molecule has 0 radical (unpaired) electrons. The minimum Gasteiger partial charge on any atom is -0.332 e. The van der Waals surface area contributed by atoms with Gasteiger partial charge in [-0.1, -0.05) is 27.6 Å². The summed E-state index contributed by atoms with van der Waals surface area (Å²) in [5.41, 5.74) is 1.33. The molecule has 1 amide bonds. The molecule has 0 aromatic heterocycles. The fraction of sp³-hybridized carbons (Fsp3) is 0.417. The summed E-state index contributed by atoms with van der Waals surface area (Å²) in [4.78, 5) is 13.3. The maximum absolute atomic E-state index is 12.4.